The summed E-state index contributed by atoms with van der Waals surface area (Å²) in [4.78, 5) is 14.5. The van der Waals surface area contributed by atoms with Gasteiger partial charge in [0, 0.05) is 26.6 Å². The van der Waals surface area contributed by atoms with Gasteiger partial charge in [0.05, 0.1) is 20.8 Å². The molecule has 0 radical (unpaired) electrons. The second kappa shape index (κ2) is 8.77. The number of ether oxygens (including phenoxy) is 3. The standard InChI is InChI=1S/C18H27NO4/c1-21-13-14-6-5-11-19(12-14)17(20)10-9-15-7-4-8-16(22-2)18(15)23-3/h4,7-8,14H,5-6,9-13H2,1-3H3. The zero-order valence-corrected chi connectivity index (χ0v) is 14.3. The van der Waals surface area contributed by atoms with Crippen molar-refractivity contribution >= 4 is 5.91 Å². The lowest BCUT2D eigenvalue weighted by Gasteiger charge is -2.32. The number of likely N-dealkylation sites (tertiary alicyclic amines) is 1. The van der Waals surface area contributed by atoms with Crippen LogP contribution in [0, 0.1) is 5.92 Å². The van der Waals surface area contributed by atoms with Crippen molar-refractivity contribution in [2.45, 2.75) is 25.7 Å². The fourth-order valence-corrected chi connectivity index (χ4v) is 3.21. The molecular formula is C18H27NO4. The van der Waals surface area contributed by atoms with Crippen molar-refractivity contribution in [3.8, 4) is 11.5 Å². The molecular weight excluding hydrogens is 294 g/mol. The maximum Gasteiger partial charge on any atom is 0.222 e. The van der Waals surface area contributed by atoms with Gasteiger partial charge in [0.15, 0.2) is 11.5 Å². The first-order valence-electron chi connectivity index (χ1n) is 8.16. The summed E-state index contributed by atoms with van der Waals surface area (Å²) < 4.78 is 16.0. The topological polar surface area (TPSA) is 48.0 Å². The van der Waals surface area contributed by atoms with Crippen LogP contribution in [0.25, 0.3) is 0 Å². The normalized spacial score (nSPS) is 17.9. The molecule has 0 aromatic heterocycles. The van der Waals surface area contributed by atoms with E-state index in [9.17, 15) is 4.79 Å². The molecule has 1 aromatic carbocycles. The van der Waals surface area contributed by atoms with E-state index in [1.807, 2.05) is 23.1 Å². The van der Waals surface area contributed by atoms with Gasteiger partial charge in [-0.1, -0.05) is 12.1 Å². The van der Waals surface area contributed by atoms with Crippen LogP contribution in [-0.2, 0) is 16.0 Å². The number of benzene rings is 1. The SMILES string of the molecule is COCC1CCCN(C(=O)CCc2cccc(OC)c2OC)C1. The number of hydrogen-bond donors (Lipinski definition) is 0. The number of aryl methyl sites for hydroxylation is 1. The first-order valence-corrected chi connectivity index (χ1v) is 8.16. The van der Waals surface area contributed by atoms with Crippen LogP contribution in [0.2, 0.25) is 0 Å². The van der Waals surface area contributed by atoms with E-state index in [0.717, 1.165) is 43.9 Å². The summed E-state index contributed by atoms with van der Waals surface area (Å²) in [5.41, 5.74) is 1.01. The van der Waals surface area contributed by atoms with E-state index in [2.05, 4.69) is 0 Å². The predicted octanol–water partition coefficient (Wildman–Crippen LogP) is 2.52. The molecule has 1 atom stereocenters. The van der Waals surface area contributed by atoms with E-state index in [-0.39, 0.29) is 5.91 Å². The largest absolute Gasteiger partial charge is 0.493 e. The van der Waals surface area contributed by atoms with Crippen LogP contribution in [0.15, 0.2) is 18.2 Å². The summed E-state index contributed by atoms with van der Waals surface area (Å²) in [5, 5.41) is 0. The van der Waals surface area contributed by atoms with Crippen LogP contribution in [0.1, 0.15) is 24.8 Å². The van der Waals surface area contributed by atoms with Gasteiger partial charge in [0.1, 0.15) is 0 Å². The molecule has 0 bridgehead atoms. The Hall–Kier alpha value is -1.75. The van der Waals surface area contributed by atoms with Gasteiger partial charge >= 0.3 is 0 Å². The van der Waals surface area contributed by atoms with Crippen molar-refractivity contribution in [3.63, 3.8) is 0 Å². The Morgan fingerprint density at radius 3 is 2.78 bits per heavy atom. The molecule has 1 amide bonds. The summed E-state index contributed by atoms with van der Waals surface area (Å²) in [7, 11) is 4.97. The van der Waals surface area contributed by atoms with Gasteiger partial charge in [0.25, 0.3) is 0 Å². The third-order valence-electron chi connectivity index (χ3n) is 4.37. The minimum atomic E-state index is 0.204. The van der Waals surface area contributed by atoms with E-state index in [1.165, 1.54) is 0 Å². The van der Waals surface area contributed by atoms with Crippen LogP contribution in [0.3, 0.4) is 0 Å². The number of nitrogens with zero attached hydrogens (tertiary/aromatic N) is 1. The van der Waals surface area contributed by atoms with Crippen molar-refractivity contribution in [2.75, 3.05) is 41.0 Å². The van der Waals surface area contributed by atoms with Crippen molar-refractivity contribution in [3.05, 3.63) is 23.8 Å². The highest BCUT2D eigenvalue weighted by Gasteiger charge is 2.23. The molecule has 1 aromatic rings. The van der Waals surface area contributed by atoms with E-state index in [4.69, 9.17) is 14.2 Å². The highest BCUT2D eigenvalue weighted by atomic mass is 16.5. The Morgan fingerprint density at radius 1 is 1.26 bits per heavy atom. The van der Waals surface area contributed by atoms with Gasteiger partial charge in [-0.3, -0.25) is 4.79 Å². The molecule has 23 heavy (non-hydrogen) atoms. The average Bonchev–Trinajstić information content (AvgIpc) is 2.59. The smallest absolute Gasteiger partial charge is 0.222 e. The third kappa shape index (κ3) is 4.61. The molecule has 5 nitrogen and oxygen atoms in total. The molecule has 2 rings (SSSR count). The van der Waals surface area contributed by atoms with E-state index < -0.39 is 0 Å². The Labute approximate surface area is 138 Å². The van der Waals surface area contributed by atoms with Gasteiger partial charge < -0.3 is 19.1 Å². The number of carbonyl (C=O) groups is 1. The van der Waals surface area contributed by atoms with Gasteiger partial charge in [-0.2, -0.15) is 0 Å². The molecule has 1 saturated heterocycles. The van der Waals surface area contributed by atoms with Crippen LogP contribution in [0.4, 0.5) is 0 Å². The summed E-state index contributed by atoms with van der Waals surface area (Å²) in [6, 6.07) is 5.78. The second-order valence-corrected chi connectivity index (χ2v) is 5.96. The van der Waals surface area contributed by atoms with Crippen LogP contribution < -0.4 is 9.47 Å². The Bertz CT molecular complexity index is 516. The molecule has 1 heterocycles. The minimum Gasteiger partial charge on any atom is -0.493 e. The fraction of sp³-hybridized carbons (Fsp3) is 0.611. The summed E-state index contributed by atoms with van der Waals surface area (Å²) >= 11 is 0. The Kier molecular flexibility index (Phi) is 6.71. The molecule has 1 fully saturated rings. The molecule has 0 N–H and O–H groups in total. The van der Waals surface area contributed by atoms with Gasteiger partial charge in [0.2, 0.25) is 5.91 Å². The molecule has 0 saturated carbocycles. The molecule has 5 heteroatoms. The highest BCUT2D eigenvalue weighted by Crippen LogP contribution is 2.31. The summed E-state index contributed by atoms with van der Waals surface area (Å²) in [6.45, 7) is 2.39. The molecule has 128 valence electrons. The number of piperidine rings is 1. The number of carbonyl (C=O) groups excluding carboxylic acids is 1. The van der Waals surface area contributed by atoms with Gasteiger partial charge in [-0.15, -0.1) is 0 Å². The minimum absolute atomic E-state index is 0.204. The number of rotatable bonds is 7. The Balaban J connectivity index is 1.94. The van der Waals surface area contributed by atoms with Crippen LogP contribution in [0.5, 0.6) is 11.5 Å². The van der Waals surface area contributed by atoms with Crippen LogP contribution in [-0.4, -0.2) is 51.8 Å². The van der Waals surface area contributed by atoms with E-state index in [1.54, 1.807) is 21.3 Å². The zero-order chi connectivity index (χ0) is 16.7. The number of amides is 1. The highest BCUT2D eigenvalue weighted by molar-refractivity contribution is 5.76. The summed E-state index contributed by atoms with van der Waals surface area (Å²) in [5.74, 6) is 2.09. The van der Waals surface area contributed by atoms with Crippen molar-refractivity contribution < 1.29 is 19.0 Å². The van der Waals surface area contributed by atoms with Crippen molar-refractivity contribution in [1.82, 2.24) is 4.90 Å². The molecule has 1 aliphatic rings. The van der Waals surface area contributed by atoms with E-state index >= 15 is 0 Å². The Morgan fingerprint density at radius 2 is 2.09 bits per heavy atom. The molecule has 0 spiro atoms. The predicted molar refractivity (Wildman–Crippen MR) is 89.0 cm³/mol. The van der Waals surface area contributed by atoms with Crippen molar-refractivity contribution in [2.24, 2.45) is 5.92 Å². The first kappa shape index (κ1) is 17.6. The number of para-hydroxylation sites is 1. The van der Waals surface area contributed by atoms with Gasteiger partial charge in [-0.05, 0) is 36.8 Å². The lowest BCUT2D eigenvalue weighted by molar-refractivity contribution is -0.133. The second-order valence-electron chi connectivity index (χ2n) is 5.96. The third-order valence-corrected chi connectivity index (χ3v) is 4.37. The maximum absolute atomic E-state index is 12.5. The van der Waals surface area contributed by atoms with Crippen molar-refractivity contribution in [1.29, 1.82) is 0 Å². The molecule has 1 unspecified atom stereocenters. The van der Waals surface area contributed by atoms with Crippen LogP contribution >= 0.6 is 0 Å². The first-order chi connectivity index (χ1) is 11.2. The lowest BCUT2D eigenvalue weighted by atomic mass is 9.98. The average molecular weight is 321 g/mol. The summed E-state index contributed by atoms with van der Waals surface area (Å²) in [6.07, 6.45) is 3.34. The van der Waals surface area contributed by atoms with E-state index in [0.29, 0.717) is 24.5 Å². The quantitative estimate of drug-likeness (QED) is 0.774. The van der Waals surface area contributed by atoms with Gasteiger partial charge in [-0.25, -0.2) is 0 Å². The fourth-order valence-electron chi connectivity index (χ4n) is 3.21. The maximum atomic E-state index is 12.5. The number of methoxy groups -OCH3 is 3. The molecule has 0 aliphatic carbocycles. The number of hydrogen-bond acceptors (Lipinski definition) is 4. The molecule has 1 aliphatic heterocycles. The monoisotopic (exact) mass is 321 g/mol. The zero-order valence-electron chi connectivity index (χ0n) is 14.3. The lowest BCUT2D eigenvalue weighted by Crippen LogP contribution is -2.41.